The molecule has 14 heavy (non-hydrogen) atoms. The number of nitrogens with two attached hydrogens (primary N) is 1. The van der Waals surface area contributed by atoms with Crippen LogP contribution in [0.25, 0.3) is 0 Å². The van der Waals surface area contributed by atoms with Crippen LogP contribution in [0.5, 0.6) is 0 Å². The van der Waals surface area contributed by atoms with Gasteiger partial charge in [-0.1, -0.05) is 0 Å². The van der Waals surface area contributed by atoms with Crippen LogP contribution in [0.1, 0.15) is 24.5 Å². The monoisotopic (exact) mass is 193 g/mol. The van der Waals surface area contributed by atoms with Crippen molar-refractivity contribution in [3.63, 3.8) is 0 Å². The highest BCUT2D eigenvalue weighted by Crippen LogP contribution is 2.12. The molecule has 0 aliphatic heterocycles. The largest absolute Gasteiger partial charge is 0.316 e. The third kappa shape index (κ3) is 1.37. The summed E-state index contributed by atoms with van der Waals surface area (Å²) >= 11 is 0. The summed E-state index contributed by atoms with van der Waals surface area (Å²) in [4.78, 5) is 4.09. The lowest BCUT2D eigenvalue weighted by Gasteiger charge is -2.07. The summed E-state index contributed by atoms with van der Waals surface area (Å²) in [6.07, 6.45) is 3.07. The number of aryl methyl sites for hydroxylation is 1. The predicted octanol–water partition coefficient (Wildman–Crippen LogP) is -0.536. The van der Waals surface area contributed by atoms with E-state index >= 15 is 0 Å². The second-order valence-electron chi connectivity index (χ2n) is 2.81. The number of nitrogens with zero attached hydrogens (tertiary/aromatic N) is 5. The van der Waals surface area contributed by atoms with Crippen molar-refractivity contribution in [2.75, 3.05) is 0 Å². The Morgan fingerprint density at radius 2 is 2.50 bits per heavy atom. The summed E-state index contributed by atoms with van der Waals surface area (Å²) in [7, 11) is 0. The smallest absolute Gasteiger partial charge is 0.150 e. The Hall–Kier alpha value is -1.76. The van der Waals surface area contributed by atoms with E-state index in [2.05, 4.69) is 25.5 Å². The van der Waals surface area contributed by atoms with Gasteiger partial charge >= 0.3 is 0 Å². The van der Waals surface area contributed by atoms with Crippen LogP contribution in [0.15, 0.2) is 12.5 Å². The zero-order valence-corrected chi connectivity index (χ0v) is 7.75. The van der Waals surface area contributed by atoms with Gasteiger partial charge in [0.25, 0.3) is 0 Å². The van der Waals surface area contributed by atoms with Crippen molar-refractivity contribution in [2.24, 2.45) is 5.73 Å². The zero-order chi connectivity index (χ0) is 9.97. The van der Waals surface area contributed by atoms with Gasteiger partial charge < -0.3 is 5.73 Å². The molecule has 0 saturated heterocycles. The average molecular weight is 193 g/mol. The van der Waals surface area contributed by atoms with E-state index in [0.717, 1.165) is 6.54 Å². The molecule has 74 valence electrons. The Balaban J connectivity index is 2.31. The van der Waals surface area contributed by atoms with Crippen LogP contribution >= 0.6 is 0 Å². The van der Waals surface area contributed by atoms with Gasteiger partial charge in [-0.3, -0.25) is 0 Å². The molecule has 0 aliphatic carbocycles. The lowest BCUT2D eigenvalue weighted by Crippen LogP contribution is -2.18. The molecule has 0 amide bonds. The van der Waals surface area contributed by atoms with Crippen LogP contribution in [-0.2, 0) is 6.54 Å². The Kier molecular flexibility index (Phi) is 2.23. The highest BCUT2D eigenvalue weighted by Gasteiger charge is 2.16. The van der Waals surface area contributed by atoms with E-state index in [1.807, 2.05) is 6.92 Å². The number of hydrogen-bond donors (Lipinski definition) is 2. The summed E-state index contributed by atoms with van der Waals surface area (Å²) in [6, 6.07) is -0.379. The van der Waals surface area contributed by atoms with Crippen LogP contribution in [0, 0.1) is 0 Å². The Morgan fingerprint density at radius 3 is 3.14 bits per heavy atom. The van der Waals surface area contributed by atoms with Gasteiger partial charge in [0.05, 0.1) is 6.20 Å². The van der Waals surface area contributed by atoms with Gasteiger partial charge in [0.2, 0.25) is 0 Å². The molecule has 2 aromatic heterocycles. The first-order valence-corrected chi connectivity index (χ1v) is 4.32. The van der Waals surface area contributed by atoms with E-state index in [-0.39, 0.29) is 6.04 Å². The summed E-state index contributed by atoms with van der Waals surface area (Å²) in [5.41, 5.74) is 6.60. The van der Waals surface area contributed by atoms with Crippen molar-refractivity contribution in [3.05, 3.63) is 24.0 Å². The first-order valence-electron chi connectivity index (χ1n) is 4.32. The van der Waals surface area contributed by atoms with Crippen LogP contribution in [-0.4, -0.2) is 30.2 Å². The number of rotatable bonds is 3. The second-order valence-corrected chi connectivity index (χ2v) is 2.81. The van der Waals surface area contributed by atoms with Crippen LogP contribution in [0.2, 0.25) is 0 Å². The normalized spacial score (nSPS) is 13.0. The van der Waals surface area contributed by atoms with Crippen molar-refractivity contribution >= 4 is 0 Å². The highest BCUT2D eigenvalue weighted by molar-refractivity contribution is 5.11. The van der Waals surface area contributed by atoms with Crippen molar-refractivity contribution in [3.8, 4) is 0 Å². The minimum Gasteiger partial charge on any atom is -0.316 e. The third-order valence-corrected chi connectivity index (χ3v) is 1.98. The summed E-state index contributed by atoms with van der Waals surface area (Å²) in [5, 5.41) is 14.1. The van der Waals surface area contributed by atoms with E-state index < -0.39 is 0 Å². The molecule has 2 heterocycles. The maximum atomic E-state index is 5.94. The average Bonchev–Trinajstić information content (AvgIpc) is 2.87. The maximum Gasteiger partial charge on any atom is 0.150 e. The van der Waals surface area contributed by atoms with E-state index in [1.165, 1.54) is 6.33 Å². The molecule has 0 spiro atoms. The lowest BCUT2D eigenvalue weighted by atomic mass is 10.2. The zero-order valence-electron chi connectivity index (χ0n) is 7.75. The summed E-state index contributed by atoms with van der Waals surface area (Å²) < 4.78 is 1.74. The van der Waals surface area contributed by atoms with Crippen molar-refractivity contribution in [1.82, 2.24) is 30.2 Å². The van der Waals surface area contributed by atoms with Gasteiger partial charge in [-0.2, -0.15) is 20.5 Å². The van der Waals surface area contributed by atoms with Gasteiger partial charge in [0, 0.05) is 6.54 Å². The molecule has 0 saturated carbocycles. The van der Waals surface area contributed by atoms with E-state index in [4.69, 9.17) is 5.73 Å². The molecule has 2 aromatic rings. The molecule has 1 unspecified atom stereocenters. The van der Waals surface area contributed by atoms with E-state index in [9.17, 15) is 0 Å². The van der Waals surface area contributed by atoms with Crippen LogP contribution < -0.4 is 5.73 Å². The SMILES string of the molecule is CCn1ncnc1C(N)c1cn[nH]n1. The number of H-pyrrole nitrogens is 1. The molecule has 1 atom stereocenters. The topological polar surface area (TPSA) is 98.3 Å². The summed E-state index contributed by atoms with van der Waals surface area (Å²) in [5.74, 6) is 0.696. The van der Waals surface area contributed by atoms with Crippen molar-refractivity contribution in [1.29, 1.82) is 0 Å². The molecule has 0 aliphatic rings. The van der Waals surface area contributed by atoms with Gasteiger partial charge in [0.15, 0.2) is 0 Å². The fourth-order valence-electron chi connectivity index (χ4n) is 1.25. The molecule has 3 N–H and O–H groups in total. The van der Waals surface area contributed by atoms with Crippen LogP contribution in [0.3, 0.4) is 0 Å². The molecule has 0 fully saturated rings. The minimum absolute atomic E-state index is 0.379. The standard InChI is InChI=1S/C7H11N7/c1-2-14-7(9-4-11-14)6(8)5-3-10-13-12-5/h3-4,6H,2,8H2,1H3,(H,10,12,13). The van der Waals surface area contributed by atoms with Gasteiger partial charge in [0.1, 0.15) is 23.9 Å². The molecule has 0 radical (unpaired) electrons. The molecule has 0 bridgehead atoms. The second kappa shape index (κ2) is 3.54. The Labute approximate surface area is 80.3 Å². The molecule has 2 rings (SSSR count). The minimum atomic E-state index is -0.379. The van der Waals surface area contributed by atoms with Gasteiger partial charge in [-0.25, -0.2) is 9.67 Å². The fraction of sp³-hybridized carbons (Fsp3) is 0.429. The molecular weight excluding hydrogens is 182 g/mol. The summed E-state index contributed by atoms with van der Waals surface area (Å²) in [6.45, 7) is 2.72. The van der Waals surface area contributed by atoms with Gasteiger partial charge in [-0.05, 0) is 6.92 Å². The number of aromatic amines is 1. The number of nitrogens with one attached hydrogen (secondary N) is 1. The molecule has 7 nitrogen and oxygen atoms in total. The molecular formula is C7H11N7. The van der Waals surface area contributed by atoms with Crippen molar-refractivity contribution < 1.29 is 0 Å². The maximum absolute atomic E-state index is 5.94. The quantitative estimate of drug-likeness (QED) is 0.682. The fourth-order valence-corrected chi connectivity index (χ4v) is 1.25. The van der Waals surface area contributed by atoms with Crippen molar-refractivity contribution in [2.45, 2.75) is 19.5 Å². The predicted molar refractivity (Wildman–Crippen MR) is 48.1 cm³/mol. The number of hydrogen-bond acceptors (Lipinski definition) is 5. The first kappa shape index (κ1) is 8.82. The molecule has 0 aromatic carbocycles. The first-order chi connectivity index (χ1) is 6.83. The Bertz CT molecular complexity index is 390. The molecule has 7 heteroatoms. The lowest BCUT2D eigenvalue weighted by molar-refractivity contribution is 0.586. The highest BCUT2D eigenvalue weighted by atomic mass is 15.4. The Morgan fingerprint density at radius 1 is 1.64 bits per heavy atom. The van der Waals surface area contributed by atoms with E-state index in [1.54, 1.807) is 10.9 Å². The van der Waals surface area contributed by atoms with E-state index in [0.29, 0.717) is 11.5 Å². The third-order valence-electron chi connectivity index (χ3n) is 1.98. The van der Waals surface area contributed by atoms with Gasteiger partial charge in [-0.15, -0.1) is 0 Å². The number of aromatic nitrogens is 6. The van der Waals surface area contributed by atoms with Crippen LogP contribution in [0.4, 0.5) is 0 Å².